The van der Waals surface area contributed by atoms with Gasteiger partial charge in [-0.15, -0.1) is 0 Å². The van der Waals surface area contributed by atoms with Crippen LogP contribution in [0.5, 0.6) is 0 Å². The predicted octanol–water partition coefficient (Wildman–Crippen LogP) is 2.70. The van der Waals surface area contributed by atoms with Crippen LogP contribution in [-0.4, -0.2) is 53.8 Å². The molecule has 0 spiro atoms. The molecule has 1 saturated heterocycles. The Bertz CT molecular complexity index is 462. The van der Waals surface area contributed by atoms with Crippen molar-refractivity contribution in [3.05, 3.63) is 11.9 Å². The second-order valence-electron chi connectivity index (χ2n) is 6.92. The van der Waals surface area contributed by atoms with Crippen molar-refractivity contribution in [1.29, 1.82) is 0 Å². The van der Waals surface area contributed by atoms with Crippen molar-refractivity contribution in [3.63, 3.8) is 0 Å². The summed E-state index contributed by atoms with van der Waals surface area (Å²) in [7, 11) is 0. The molecule has 23 heavy (non-hydrogen) atoms. The topological polar surface area (TPSA) is 44.7 Å². The van der Waals surface area contributed by atoms with Gasteiger partial charge in [0.25, 0.3) is 0 Å². The summed E-state index contributed by atoms with van der Waals surface area (Å²) in [6.45, 7) is 12.2. The molecule has 0 radical (unpaired) electrons. The van der Waals surface area contributed by atoms with Crippen LogP contribution in [0.4, 0.5) is 0 Å². The van der Waals surface area contributed by atoms with Gasteiger partial charge in [0.05, 0.1) is 0 Å². The highest BCUT2D eigenvalue weighted by molar-refractivity contribution is 5.78. The summed E-state index contributed by atoms with van der Waals surface area (Å²) in [4.78, 5) is 13.3. The number of amides is 1. The highest BCUT2D eigenvalue weighted by Crippen LogP contribution is 2.23. The van der Waals surface area contributed by atoms with E-state index in [9.17, 15) is 4.79 Å². The van der Waals surface area contributed by atoms with Crippen LogP contribution in [0.3, 0.4) is 0 Å². The summed E-state index contributed by atoms with van der Waals surface area (Å²) in [6.07, 6.45) is 8.75. The van der Waals surface area contributed by atoms with E-state index in [1.54, 1.807) is 6.92 Å². The quantitative estimate of drug-likeness (QED) is 0.733. The lowest BCUT2D eigenvalue weighted by molar-refractivity contribution is -0.885. The first-order chi connectivity index (χ1) is 11.0. The van der Waals surface area contributed by atoms with Crippen molar-refractivity contribution in [2.45, 2.75) is 59.4 Å². The van der Waals surface area contributed by atoms with Crippen molar-refractivity contribution >= 4 is 12.1 Å². The van der Waals surface area contributed by atoms with Gasteiger partial charge in [0.2, 0.25) is 5.91 Å². The fraction of sp³-hybridized carbons (Fsp3) is 0.778. The number of allylic oxidation sites excluding steroid dienone is 1. The van der Waals surface area contributed by atoms with E-state index in [4.69, 9.17) is 5.10 Å². The first-order valence-corrected chi connectivity index (χ1v) is 9.19. The molecule has 1 amide bonds. The Morgan fingerprint density at radius 2 is 2.00 bits per heavy atom. The molecule has 0 aromatic rings. The molecular formula is C18H33N4O+. The van der Waals surface area contributed by atoms with E-state index in [2.05, 4.69) is 32.3 Å². The van der Waals surface area contributed by atoms with Gasteiger partial charge in [-0.3, -0.25) is 4.79 Å². The number of quaternary nitrogens is 1. The summed E-state index contributed by atoms with van der Waals surface area (Å²) in [6, 6.07) is 0.452. The molecule has 1 unspecified atom stereocenters. The van der Waals surface area contributed by atoms with Gasteiger partial charge in [0.15, 0.2) is 0 Å². The lowest BCUT2D eigenvalue weighted by Gasteiger charge is -2.32. The van der Waals surface area contributed by atoms with E-state index < -0.39 is 0 Å². The van der Waals surface area contributed by atoms with Gasteiger partial charge in [-0.1, -0.05) is 18.9 Å². The molecule has 0 saturated carbocycles. The third-order valence-corrected chi connectivity index (χ3v) is 5.39. The Morgan fingerprint density at radius 1 is 1.35 bits per heavy atom. The smallest absolute Gasteiger partial charge is 0.219 e. The molecular weight excluding hydrogens is 288 g/mol. The van der Waals surface area contributed by atoms with E-state index in [-0.39, 0.29) is 5.91 Å². The van der Waals surface area contributed by atoms with Crippen molar-refractivity contribution in [2.75, 3.05) is 26.2 Å². The van der Waals surface area contributed by atoms with E-state index in [1.165, 1.54) is 12.8 Å². The summed E-state index contributed by atoms with van der Waals surface area (Å²) < 4.78 is 0.723. The number of piperidine rings is 1. The summed E-state index contributed by atoms with van der Waals surface area (Å²) in [5.41, 5.74) is 1.15. The summed E-state index contributed by atoms with van der Waals surface area (Å²) >= 11 is 0. The number of hydrogen-bond donors (Lipinski definition) is 1. The second kappa shape index (κ2) is 7.95. The fourth-order valence-electron chi connectivity index (χ4n) is 3.55. The summed E-state index contributed by atoms with van der Waals surface area (Å²) in [5.74, 6) is 0.915. The highest BCUT2D eigenvalue weighted by atomic mass is 16.2. The number of likely N-dealkylation sites (tertiary alicyclic amines) is 1. The van der Waals surface area contributed by atoms with E-state index in [0.29, 0.717) is 6.04 Å². The van der Waals surface area contributed by atoms with Crippen LogP contribution in [0, 0.1) is 5.92 Å². The number of hydrogen-bond acceptors (Lipinski definition) is 3. The molecule has 1 N–H and O–H groups in total. The number of rotatable bonds is 7. The zero-order valence-electron chi connectivity index (χ0n) is 15.2. The number of carbonyl (C=O) groups excluding carboxylic acids is 1. The molecule has 0 aromatic heterocycles. The molecule has 0 aliphatic carbocycles. The first-order valence-electron chi connectivity index (χ1n) is 9.19. The molecule has 0 bridgehead atoms. The number of nitrogens with zero attached hydrogens (tertiary/aromatic N) is 3. The Hall–Kier alpha value is -1.36. The molecule has 5 nitrogen and oxygen atoms in total. The third kappa shape index (κ3) is 4.56. The van der Waals surface area contributed by atoms with E-state index >= 15 is 0 Å². The van der Waals surface area contributed by atoms with Gasteiger partial charge in [-0.05, 0) is 32.6 Å². The summed E-state index contributed by atoms with van der Waals surface area (Å²) in [5, 5.41) is 8.44. The van der Waals surface area contributed by atoms with E-state index in [0.717, 1.165) is 55.2 Å². The maximum absolute atomic E-state index is 11.4. The van der Waals surface area contributed by atoms with Crippen LogP contribution in [0.25, 0.3) is 0 Å². The SMILES string of the molecule is CCC(CC)C[N+]1(CC)C=C(NC2CCN(C(C)=O)CC2)C=N1. The van der Waals surface area contributed by atoms with Crippen molar-refractivity contribution in [3.8, 4) is 0 Å². The predicted molar refractivity (Wildman–Crippen MR) is 94.7 cm³/mol. The molecule has 2 heterocycles. The molecule has 0 aromatic carbocycles. The first kappa shape index (κ1) is 18.0. The molecule has 2 aliphatic heterocycles. The molecule has 1 fully saturated rings. The highest BCUT2D eigenvalue weighted by Gasteiger charge is 2.32. The zero-order chi connectivity index (χ0) is 16.9. The Balaban J connectivity index is 1.92. The van der Waals surface area contributed by atoms with Gasteiger partial charge >= 0.3 is 0 Å². The lowest BCUT2D eigenvalue weighted by Crippen LogP contribution is -2.44. The van der Waals surface area contributed by atoms with Crippen LogP contribution in [0.1, 0.15) is 53.4 Å². The monoisotopic (exact) mass is 321 g/mol. The fourth-order valence-corrected chi connectivity index (χ4v) is 3.55. The van der Waals surface area contributed by atoms with E-state index in [1.807, 2.05) is 11.1 Å². The van der Waals surface area contributed by atoms with Crippen LogP contribution in [0.15, 0.2) is 17.0 Å². The second-order valence-corrected chi connectivity index (χ2v) is 6.92. The Kier molecular flexibility index (Phi) is 6.22. The van der Waals surface area contributed by atoms with Crippen LogP contribution >= 0.6 is 0 Å². The number of nitrogens with one attached hydrogen (secondary N) is 1. The zero-order valence-corrected chi connectivity index (χ0v) is 15.2. The van der Waals surface area contributed by atoms with Gasteiger partial charge in [0.1, 0.15) is 31.2 Å². The Labute approximate surface area is 141 Å². The normalized spacial score (nSPS) is 25.1. The largest absolute Gasteiger partial charge is 0.376 e. The van der Waals surface area contributed by atoms with Gasteiger partial charge in [-0.25, -0.2) is 0 Å². The minimum Gasteiger partial charge on any atom is -0.376 e. The number of carbonyl (C=O) groups is 1. The maximum Gasteiger partial charge on any atom is 0.219 e. The maximum atomic E-state index is 11.4. The van der Waals surface area contributed by atoms with Crippen molar-refractivity contribution in [1.82, 2.24) is 10.2 Å². The van der Waals surface area contributed by atoms with Crippen LogP contribution in [-0.2, 0) is 4.79 Å². The average molecular weight is 321 g/mol. The standard InChI is InChI=1S/C18H33N4O/c1-5-16(6-2)13-22(7-3)14-18(12-19-22)20-17-8-10-21(11-9-17)15(4)23/h12,14,16-17,20H,5-11,13H2,1-4H3/q+1. The third-order valence-electron chi connectivity index (χ3n) is 5.39. The van der Waals surface area contributed by atoms with Crippen molar-refractivity contribution < 1.29 is 9.39 Å². The van der Waals surface area contributed by atoms with Gasteiger partial charge in [-0.2, -0.15) is 4.59 Å². The van der Waals surface area contributed by atoms with Crippen LogP contribution in [0.2, 0.25) is 0 Å². The molecule has 130 valence electrons. The molecule has 2 rings (SSSR count). The Morgan fingerprint density at radius 3 is 2.52 bits per heavy atom. The average Bonchev–Trinajstić information content (AvgIpc) is 2.96. The van der Waals surface area contributed by atoms with Crippen molar-refractivity contribution in [2.24, 2.45) is 11.0 Å². The molecule has 5 heteroatoms. The minimum atomic E-state index is 0.192. The minimum absolute atomic E-state index is 0.192. The van der Waals surface area contributed by atoms with Gasteiger partial charge in [0, 0.05) is 32.0 Å². The van der Waals surface area contributed by atoms with Gasteiger partial charge < -0.3 is 10.2 Å². The van der Waals surface area contributed by atoms with Crippen LogP contribution < -0.4 is 5.32 Å². The lowest BCUT2D eigenvalue weighted by atomic mass is 10.0. The molecule has 1 atom stereocenters. The molecule has 2 aliphatic rings.